The lowest BCUT2D eigenvalue weighted by molar-refractivity contribution is 0.102. The van der Waals surface area contributed by atoms with E-state index in [1.165, 1.54) is 13.4 Å². The number of furan rings is 1. The van der Waals surface area contributed by atoms with E-state index in [4.69, 9.17) is 9.25 Å². The van der Waals surface area contributed by atoms with Crippen molar-refractivity contribution in [2.75, 3.05) is 12.4 Å². The van der Waals surface area contributed by atoms with E-state index in [1.807, 2.05) is 48.5 Å². The Kier molecular flexibility index (Phi) is 4.95. The van der Waals surface area contributed by atoms with Crippen molar-refractivity contribution in [3.8, 4) is 11.1 Å². The van der Waals surface area contributed by atoms with Crippen LogP contribution in [0.5, 0.6) is 0 Å². The van der Waals surface area contributed by atoms with Gasteiger partial charge in [-0.3, -0.25) is 4.79 Å². The number of aryl methyl sites for hydroxylation is 1. The molecule has 1 heterocycles. The number of carbonyl (C=O) groups is 1. The maximum absolute atomic E-state index is 12.5. The van der Waals surface area contributed by atoms with Crippen LogP contribution in [0.4, 0.5) is 5.69 Å². The number of hydrogen-bond donors (Lipinski definition) is 1. The van der Waals surface area contributed by atoms with Gasteiger partial charge < -0.3 is 14.6 Å². The van der Waals surface area contributed by atoms with E-state index in [2.05, 4.69) is 10.5 Å². The number of benzene rings is 2. The smallest absolute Gasteiger partial charge is 0.259 e. The van der Waals surface area contributed by atoms with E-state index in [-0.39, 0.29) is 5.91 Å². The highest BCUT2D eigenvalue weighted by Crippen LogP contribution is 2.29. The summed E-state index contributed by atoms with van der Waals surface area (Å²) in [5.41, 5.74) is 4.06. The van der Waals surface area contributed by atoms with Crippen molar-refractivity contribution in [1.29, 1.82) is 0 Å². The van der Waals surface area contributed by atoms with E-state index in [0.717, 1.165) is 22.4 Å². The van der Waals surface area contributed by atoms with Crippen molar-refractivity contribution < 1.29 is 14.0 Å². The Labute approximate surface area is 145 Å². The summed E-state index contributed by atoms with van der Waals surface area (Å²) in [7, 11) is 1.50. The molecule has 0 spiro atoms. The van der Waals surface area contributed by atoms with Crippen LogP contribution in [0.25, 0.3) is 11.1 Å². The predicted molar refractivity (Wildman–Crippen MR) is 97.9 cm³/mol. The highest BCUT2D eigenvalue weighted by Gasteiger charge is 2.14. The van der Waals surface area contributed by atoms with Crippen LogP contribution in [-0.2, 0) is 4.84 Å². The van der Waals surface area contributed by atoms with Crippen LogP contribution < -0.4 is 5.32 Å². The van der Waals surface area contributed by atoms with Gasteiger partial charge in [0.2, 0.25) is 0 Å². The van der Waals surface area contributed by atoms with Crippen LogP contribution in [0.3, 0.4) is 0 Å². The summed E-state index contributed by atoms with van der Waals surface area (Å²) in [5, 5.41) is 6.74. The summed E-state index contributed by atoms with van der Waals surface area (Å²) in [6, 6.07) is 17.2. The van der Waals surface area contributed by atoms with Crippen LogP contribution in [-0.4, -0.2) is 19.2 Å². The second-order valence-electron chi connectivity index (χ2n) is 5.43. The monoisotopic (exact) mass is 334 g/mol. The van der Waals surface area contributed by atoms with Crippen LogP contribution in [0.15, 0.2) is 70.4 Å². The highest BCUT2D eigenvalue weighted by atomic mass is 16.6. The molecule has 0 saturated heterocycles. The highest BCUT2D eigenvalue weighted by molar-refractivity contribution is 6.06. The first kappa shape index (κ1) is 16.5. The van der Waals surface area contributed by atoms with E-state index >= 15 is 0 Å². The zero-order chi connectivity index (χ0) is 17.6. The summed E-state index contributed by atoms with van der Waals surface area (Å²) in [6.45, 7) is 1.76. The lowest BCUT2D eigenvalue weighted by atomic mass is 10.0. The fourth-order valence-corrected chi connectivity index (χ4v) is 2.55. The molecule has 3 rings (SSSR count). The number of nitrogens with zero attached hydrogens (tertiary/aromatic N) is 1. The quantitative estimate of drug-likeness (QED) is 0.552. The largest absolute Gasteiger partial charge is 0.469 e. The molecule has 5 nitrogen and oxygen atoms in total. The molecule has 1 amide bonds. The molecule has 0 aliphatic rings. The molecular formula is C20H18N2O3. The van der Waals surface area contributed by atoms with Gasteiger partial charge in [0.05, 0.1) is 18.0 Å². The summed E-state index contributed by atoms with van der Waals surface area (Å²) in [5.74, 6) is 0.392. The zero-order valence-electron chi connectivity index (χ0n) is 14.0. The number of anilines is 1. The fraction of sp³-hybridized carbons (Fsp3) is 0.100. The van der Waals surface area contributed by atoms with Gasteiger partial charge in [-0.05, 0) is 36.2 Å². The molecule has 5 heteroatoms. The predicted octanol–water partition coefficient (Wildman–Crippen LogP) is 4.49. The van der Waals surface area contributed by atoms with Crippen LogP contribution >= 0.6 is 0 Å². The summed E-state index contributed by atoms with van der Waals surface area (Å²) >= 11 is 0. The van der Waals surface area contributed by atoms with Gasteiger partial charge in [0.25, 0.3) is 5.91 Å². The van der Waals surface area contributed by atoms with Crippen LogP contribution in [0.2, 0.25) is 0 Å². The van der Waals surface area contributed by atoms with Gasteiger partial charge >= 0.3 is 0 Å². The number of nitrogens with one attached hydrogen (secondary N) is 1. The van der Waals surface area contributed by atoms with Crippen molar-refractivity contribution in [3.05, 3.63) is 77.7 Å². The minimum absolute atomic E-state index is 0.198. The SMILES string of the molecule is CON=Cc1cccc(-c2ccccc2NC(=O)c2ccoc2C)c1. The van der Waals surface area contributed by atoms with Gasteiger partial charge in [-0.1, -0.05) is 41.6 Å². The number of carbonyl (C=O) groups excluding carboxylic acids is 1. The molecule has 25 heavy (non-hydrogen) atoms. The van der Waals surface area contributed by atoms with Crippen molar-refractivity contribution >= 4 is 17.8 Å². The van der Waals surface area contributed by atoms with Crippen molar-refractivity contribution in [1.82, 2.24) is 0 Å². The Bertz CT molecular complexity index is 913. The molecule has 0 bridgehead atoms. The molecule has 0 unspecified atom stereocenters. The Morgan fingerprint density at radius 3 is 2.76 bits per heavy atom. The van der Waals surface area contributed by atoms with Gasteiger partial charge in [-0.25, -0.2) is 0 Å². The number of hydrogen-bond acceptors (Lipinski definition) is 4. The molecule has 0 fully saturated rings. The number of amides is 1. The summed E-state index contributed by atoms with van der Waals surface area (Å²) in [6.07, 6.45) is 3.15. The van der Waals surface area contributed by atoms with Crippen molar-refractivity contribution in [2.45, 2.75) is 6.92 Å². The molecule has 126 valence electrons. The third-order valence-electron chi connectivity index (χ3n) is 3.78. The van der Waals surface area contributed by atoms with Crippen molar-refractivity contribution in [2.24, 2.45) is 5.16 Å². The minimum atomic E-state index is -0.198. The average molecular weight is 334 g/mol. The molecule has 2 aromatic carbocycles. The van der Waals surface area contributed by atoms with Crippen LogP contribution in [0, 0.1) is 6.92 Å². The standard InChI is InChI=1S/C20H18N2O3/c1-14-17(10-11-25-14)20(23)22-19-9-4-3-8-18(19)16-7-5-6-15(12-16)13-21-24-2/h3-13H,1-2H3,(H,22,23). The first-order valence-corrected chi connectivity index (χ1v) is 7.80. The molecule has 3 aromatic rings. The third-order valence-corrected chi connectivity index (χ3v) is 3.78. The zero-order valence-corrected chi connectivity index (χ0v) is 14.0. The lowest BCUT2D eigenvalue weighted by Crippen LogP contribution is -2.12. The Hall–Kier alpha value is -3.34. The fourth-order valence-electron chi connectivity index (χ4n) is 2.55. The Morgan fingerprint density at radius 1 is 1.16 bits per heavy atom. The third kappa shape index (κ3) is 3.77. The van der Waals surface area contributed by atoms with Gasteiger partial charge in [0.15, 0.2) is 0 Å². The van der Waals surface area contributed by atoms with Gasteiger partial charge in [0, 0.05) is 11.3 Å². The van der Waals surface area contributed by atoms with E-state index < -0.39 is 0 Å². The summed E-state index contributed by atoms with van der Waals surface area (Å²) in [4.78, 5) is 17.2. The molecule has 0 radical (unpaired) electrons. The summed E-state index contributed by atoms with van der Waals surface area (Å²) < 4.78 is 5.20. The normalized spacial score (nSPS) is 10.8. The first-order valence-electron chi connectivity index (χ1n) is 7.80. The maximum atomic E-state index is 12.5. The molecule has 0 atom stereocenters. The first-order chi connectivity index (χ1) is 12.2. The van der Waals surface area contributed by atoms with Gasteiger partial charge in [-0.15, -0.1) is 0 Å². The minimum Gasteiger partial charge on any atom is -0.469 e. The number of oxime groups is 1. The Balaban J connectivity index is 1.93. The molecular weight excluding hydrogens is 316 g/mol. The number of para-hydroxylation sites is 1. The van der Waals surface area contributed by atoms with Gasteiger partial charge in [0.1, 0.15) is 12.9 Å². The van der Waals surface area contributed by atoms with E-state index in [0.29, 0.717) is 11.3 Å². The maximum Gasteiger partial charge on any atom is 0.259 e. The second kappa shape index (κ2) is 7.49. The average Bonchev–Trinajstić information content (AvgIpc) is 3.07. The van der Waals surface area contributed by atoms with Crippen molar-refractivity contribution in [3.63, 3.8) is 0 Å². The number of rotatable bonds is 5. The van der Waals surface area contributed by atoms with Crippen LogP contribution in [0.1, 0.15) is 21.7 Å². The molecule has 0 aliphatic carbocycles. The Morgan fingerprint density at radius 2 is 2.00 bits per heavy atom. The topological polar surface area (TPSA) is 63.8 Å². The lowest BCUT2D eigenvalue weighted by Gasteiger charge is -2.11. The van der Waals surface area contributed by atoms with E-state index in [9.17, 15) is 4.79 Å². The van der Waals surface area contributed by atoms with Gasteiger partial charge in [-0.2, -0.15) is 0 Å². The second-order valence-corrected chi connectivity index (χ2v) is 5.43. The molecule has 0 saturated carbocycles. The molecule has 1 aromatic heterocycles. The molecule has 1 N–H and O–H groups in total. The molecule has 0 aliphatic heterocycles. The van der Waals surface area contributed by atoms with E-state index in [1.54, 1.807) is 19.2 Å².